The number of amides is 1. The number of fused-ring (bicyclic) bond motifs is 1. The van der Waals surface area contributed by atoms with Crippen molar-refractivity contribution >= 4 is 19.2 Å². The van der Waals surface area contributed by atoms with E-state index in [9.17, 15) is 9.28 Å². The molecule has 2 radical (unpaired) electrons. The summed E-state index contributed by atoms with van der Waals surface area (Å²) >= 11 is 0. The van der Waals surface area contributed by atoms with E-state index in [1.807, 2.05) is 0 Å². The second kappa shape index (κ2) is 2.34. The lowest BCUT2D eigenvalue weighted by Gasteiger charge is -1.97. The van der Waals surface area contributed by atoms with Gasteiger partial charge in [-0.05, 0) is 11.6 Å². The van der Waals surface area contributed by atoms with Crippen LogP contribution in [0.3, 0.4) is 0 Å². The highest BCUT2D eigenvalue weighted by Crippen LogP contribution is 2.21. The zero-order chi connectivity index (χ0) is 8.72. The average molecular weight is 161 g/mol. The predicted molar refractivity (Wildman–Crippen MR) is 42.8 cm³/mol. The van der Waals surface area contributed by atoms with Gasteiger partial charge >= 0.3 is 0 Å². The van der Waals surface area contributed by atoms with Gasteiger partial charge in [0.05, 0.1) is 6.54 Å². The molecule has 2 nitrogen and oxygen atoms in total. The highest BCUT2D eigenvalue weighted by atomic mass is 19.2. The standard InChI is InChI=1S/C8H5BFNO/c9-6-1-2-7-5(3-6)4-11(10)8(7)12/h1-3H,4H2. The molecule has 0 aliphatic carbocycles. The number of halogens is 1. The molecule has 0 unspecified atom stereocenters. The smallest absolute Gasteiger partial charge is 0.266 e. The molecular weight excluding hydrogens is 156 g/mol. The van der Waals surface area contributed by atoms with Crippen LogP contribution in [0.1, 0.15) is 15.9 Å². The highest BCUT2D eigenvalue weighted by Gasteiger charge is 2.26. The Morgan fingerprint density at radius 2 is 2.25 bits per heavy atom. The van der Waals surface area contributed by atoms with Gasteiger partial charge in [-0.25, -0.2) is 0 Å². The first-order valence-corrected chi connectivity index (χ1v) is 3.54. The molecule has 0 N–H and O–H groups in total. The fourth-order valence-corrected chi connectivity index (χ4v) is 1.31. The van der Waals surface area contributed by atoms with Crippen LogP contribution >= 0.6 is 0 Å². The molecule has 0 spiro atoms. The average Bonchev–Trinajstić information content (AvgIpc) is 2.28. The van der Waals surface area contributed by atoms with Crippen molar-refractivity contribution in [1.29, 1.82) is 0 Å². The second-order valence-electron chi connectivity index (χ2n) is 2.74. The van der Waals surface area contributed by atoms with Crippen molar-refractivity contribution in [2.24, 2.45) is 0 Å². The van der Waals surface area contributed by atoms with Crippen LogP contribution in [0.5, 0.6) is 0 Å². The van der Waals surface area contributed by atoms with Crippen LogP contribution in [-0.2, 0) is 6.54 Å². The van der Waals surface area contributed by atoms with Crippen molar-refractivity contribution in [2.75, 3.05) is 0 Å². The fraction of sp³-hybridized carbons (Fsp3) is 0.125. The zero-order valence-corrected chi connectivity index (χ0v) is 6.25. The van der Waals surface area contributed by atoms with E-state index in [1.54, 1.807) is 18.2 Å². The van der Waals surface area contributed by atoms with Crippen LogP contribution in [0.15, 0.2) is 18.2 Å². The number of hydrogen-bond donors (Lipinski definition) is 0. The minimum Gasteiger partial charge on any atom is -0.266 e. The molecule has 0 saturated carbocycles. The summed E-state index contributed by atoms with van der Waals surface area (Å²) in [6, 6.07) is 4.76. The summed E-state index contributed by atoms with van der Waals surface area (Å²) in [5.41, 5.74) is 1.62. The molecule has 1 aromatic carbocycles. The lowest BCUT2D eigenvalue weighted by Crippen LogP contribution is -2.12. The first-order valence-electron chi connectivity index (χ1n) is 3.54. The van der Waals surface area contributed by atoms with E-state index >= 15 is 0 Å². The summed E-state index contributed by atoms with van der Waals surface area (Å²) < 4.78 is 12.7. The summed E-state index contributed by atoms with van der Waals surface area (Å²) in [6.07, 6.45) is 0. The molecule has 1 heterocycles. The van der Waals surface area contributed by atoms with Crippen LogP contribution in [0, 0.1) is 0 Å². The van der Waals surface area contributed by atoms with Crippen LogP contribution in [0.2, 0.25) is 0 Å². The van der Waals surface area contributed by atoms with Gasteiger partial charge in [-0.3, -0.25) is 4.79 Å². The highest BCUT2D eigenvalue weighted by molar-refractivity contribution is 6.32. The van der Waals surface area contributed by atoms with Crippen molar-refractivity contribution in [3.63, 3.8) is 0 Å². The Morgan fingerprint density at radius 1 is 1.50 bits per heavy atom. The maximum atomic E-state index is 12.7. The lowest BCUT2D eigenvalue weighted by molar-refractivity contribution is 0.0220. The van der Waals surface area contributed by atoms with Gasteiger partial charge in [-0.15, -0.1) is 0 Å². The number of hydrogen-bond acceptors (Lipinski definition) is 1. The van der Waals surface area contributed by atoms with Crippen molar-refractivity contribution < 1.29 is 9.28 Å². The molecule has 1 aromatic rings. The Morgan fingerprint density at radius 3 is 3.00 bits per heavy atom. The van der Waals surface area contributed by atoms with Crippen LogP contribution in [-0.4, -0.2) is 18.9 Å². The normalized spacial score (nSPS) is 15.1. The van der Waals surface area contributed by atoms with Gasteiger partial charge in [0.15, 0.2) is 0 Å². The van der Waals surface area contributed by atoms with Gasteiger partial charge in [0.2, 0.25) is 0 Å². The first-order chi connectivity index (χ1) is 5.68. The summed E-state index contributed by atoms with van der Waals surface area (Å²) in [7, 11) is 5.47. The Hall–Kier alpha value is -1.32. The third-order valence-corrected chi connectivity index (χ3v) is 1.89. The molecule has 0 bridgehead atoms. The molecule has 0 saturated heterocycles. The minimum atomic E-state index is -0.579. The number of carbonyl (C=O) groups excluding carboxylic acids is 1. The summed E-state index contributed by atoms with van der Waals surface area (Å²) in [5.74, 6) is -0.579. The SMILES string of the molecule is [B]c1ccc2c(c1)CN(F)C2=O. The van der Waals surface area contributed by atoms with E-state index in [0.717, 1.165) is 0 Å². The van der Waals surface area contributed by atoms with E-state index in [4.69, 9.17) is 7.85 Å². The van der Waals surface area contributed by atoms with Crippen molar-refractivity contribution in [3.05, 3.63) is 29.3 Å². The minimum absolute atomic E-state index is 0.0131. The number of carbonyl (C=O) groups is 1. The van der Waals surface area contributed by atoms with Gasteiger partial charge in [0.1, 0.15) is 7.85 Å². The van der Waals surface area contributed by atoms with E-state index in [1.165, 1.54) is 0 Å². The summed E-state index contributed by atoms with van der Waals surface area (Å²) in [5, 5.41) is 0.185. The first kappa shape index (κ1) is 7.34. The molecule has 1 aliphatic rings. The molecule has 12 heavy (non-hydrogen) atoms. The van der Waals surface area contributed by atoms with Crippen LogP contribution in [0.25, 0.3) is 0 Å². The Balaban J connectivity index is 2.54. The molecule has 2 rings (SSSR count). The van der Waals surface area contributed by atoms with Gasteiger partial charge < -0.3 is 0 Å². The van der Waals surface area contributed by atoms with Crippen molar-refractivity contribution in [1.82, 2.24) is 5.12 Å². The van der Waals surface area contributed by atoms with Crippen LogP contribution in [0.4, 0.5) is 4.48 Å². The summed E-state index contributed by atoms with van der Waals surface area (Å²) in [4.78, 5) is 11.0. The van der Waals surface area contributed by atoms with E-state index < -0.39 is 5.91 Å². The largest absolute Gasteiger partial charge is 0.282 e. The topological polar surface area (TPSA) is 20.3 Å². The van der Waals surface area contributed by atoms with E-state index in [2.05, 4.69) is 0 Å². The third-order valence-electron chi connectivity index (χ3n) is 1.89. The molecule has 0 fully saturated rings. The van der Waals surface area contributed by atoms with Gasteiger partial charge in [0.25, 0.3) is 5.91 Å². The Kier molecular flexibility index (Phi) is 1.43. The van der Waals surface area contributed by atoms with E-state index in [-0.39, 0.29) is 11.7 Å². The molecule has 0 atom stereocenters. The molecule has 0 aromatic heterocycles. The van der Waals surface area contributed by atoms with E-state index in [0.29, 0.717) is 16.6 Å². The van der Waals surface area contributed by atoms with Gasteiger partial charge in [-0.2, -0.15) is 5.12 Å². The predicted octanol–water partition coefficient (Wildman–Crippen LogP) is 0.321. The van der Waals surface area contributed by atoms with Crippen LogP contribution < -0.4 is 5.46 Å². The third kappa shape index (κ3) is 0.914. The van der Waals surface area contributed by atoms with Gasteiger partial charge in [0, 0.05) is 5.56 Å². The number of rotatable bonds is 0. The second-order valence-corrected chi connectivity index (χ2v) is 2.74. The fourth-order valence-electron chi connectivity index (χ4n) is 1.31. The molecule has 1 amide bonds. The Bertz CT molecular complexity index is 353. The van der Waals surface area contributed by atoms with Crippen molar-refractivity contribution in [2.45, 2.75) is 6.54 Å². The molecular formula is C8H5BFNO. The molecule has 4 heteroatoms. The maximum absolute atomic E-state index is 12.7. The number of benzene rings is 1. The Labute approximate surface area is 70.3 Å². The van der Waals surface area contributed by atoms with Crippen molar-refractivity contribution in [3.8, 4) is 0 Å². The summed E-state index contributed by atoms with van der Waals surface area (Å²) in [6.45, 7) is 0.0131. The quantitative estimate of drug-likeness (QED) is 0.396. The maximum Gasteiger partial charge on any atom is 0.282 e. The number of nitrogens with zero attached hydrogens (tertiary/aromatic N) is 1. The monoisotopic (exact) mass is 161 g/mol. The zero-order valence-electron chi connectivity index (χ0n) is 6.25. The lowest BCUT2D eigenvalue weighted by atomic mass is 9.93. The molecule has 1 aliphatic heterocycles. The van der Waals surface area contributed by atoms with Gasteiger partial charge in [-0.1, -0.05) is 22.1 Å². The molecule has 58 valence electrons.